The second-order valence-corrected chi connectivity index (χ2v) is 9.43. The first-order chi connectivity index (χ1) is 5.85. The maximum absolute atomic E-state index is 11.3. The lowest BCUT2D eigenvalue weighted by Gasteiger charge is -2.02. The molecule has 0 rings (SSSR count). The molecule has 0 unspecified atom stereocenters. The zero-order valence-corrected chi connectivity index (χ0v) is 11.7. The Morgan fingerprint density at radius 3 is 2.38 bits per heavy atom. The summed E-state index contributed by atoms with van der Waals surface area (Å²) in [5.74, 6) is 2.75. The summed E-state index contributed by atoms with van der Waals surface area (Å²) in [6, 6.07) is 0. The van der Waals surface area contributed by atoms with Gasteiger partial charge in [-0.15, -0.1) is 5.54 Å². The van der Waals surface area contributed by atoms with E-state index in [1.165, 1.54) is 0 Å². The molecule has 0 saturated heterocycles. The van der Waals surface area contributed by atoms with E-state index in [2.05, 4.69) is 53.7 Å². The Kier molecular flexibility index (Phi) is 5.57. The molecule has 0 radical (unpaired) electrons. The van der Waals surface area contributed by atoms with Gasteiger partial charge in [0, 0.05) is 6.42 Å². The van der Waals surface area contributed by atoms with E-state index in [9.17, 15) is 4.79 Å². The first-order valence-corrected chi connectivity index (χ1v) is 8.91. The van der Waals surface area contributed by atoms with Gasteiger partial charge in [0.1, 0.15) is 8.07 Å². The number of hydrogen-bond donors (Lipinski definition) is 0. The van der Waals surface area contributed by atoms with Crippen LogP contribution in [0, 0.1) is 11.5 Å². The van der Waals surface area contributed by atoms with Gasteiger partial charge in [-0.1, -0.05) is 47.8 Å². The maximum atomic E-state index is 11.3. The molecule has 0 fully saturated rings. The summed E-state index contributed by atoms with van der Waals surface area (Å²) in [7, 11) is -1.38. The lowest BCUT2D eigenvalue weighted by Crippen LogP contribution is -2.17. The number of Topliss-reactive ketones (excluding diaryl/α,β-unsaturated/α-hetero) is 1. The summed E-state index contributed by atoms with van der Waals surface area (Å²) in [5.41, 5.74) is 4.14. The average Bonchev–Trinajstić information content (AvgIpc) is 1.99. The molecule has 0 aromatic carbocycles. The van der Waals surface area contributed by atoms with Crippen molar-refractivity contribution in [1.29, 1.82) is 0 Å². The number of carbonyl (C=O) groups is 1. The van der Waals surface area contributed by atoms with Crippen molar-refractivity contribution in [1.82, 2.24) is 0 Å². The van der Waals surface area contributed by atoms with Crippen LogP contribution >= 0.6 is 22.6 Å². The number of rotatable bonds is 2. The van der Waals surface area contributed by atoms with E-state index >= 15 is 0 Å². The van der Waals surface area contributed by atoms with Crippen molar-refractivity contribution in [2.75, 3.05) is 0 Å². The summed E-state index contributed by atoms with van der Waals surface area (Å²) >= 11 is 2.14. The summed E-state index contributed by atoms with van der Waals surface area (Å²) in [5, 5.41) is 0. The van der Waals surface area contributed by atoms with Crippen LogP contribution in [0.4, 0.5) is 0 Å². The highest BCUT2D eigenvalue weighted by atomic mass is 127. The predicted molar refractivity (Wildman–Crippen MR) is 68.5 cm³/mol. The van der Waals surface area contributed by atoms with E-state index in [1.807, 2.05) is 11.0 Å². The molecular weight excluding hydrogens is 291 g/mol. The van der Waals surface area contributed by atoms with E-state index in [4.69, 9.17) is 0 Å². The minimum atomic E-state index is -1.38. The number of allylic oxidation sites excluding steroid dienone is 1. The van der Waals surface area contributed by atoms with Gasteiger partial charge in [0.25, 0.3) is 0 Å². The van der Waals surface area contributed by atoms with Gasteiger partial charge in [0.15, 0.2) is 0 Å². The van der Waals surface area contributed by atoms with Crippen LogP contribution in [-0.2, 0) is 4.79 Å². The van der Waals surface area contributed by atoms with Crippen LogP contribution in [0.25, 0.3) is 0 Å². The van der Waals surface area contributed by atoms with Gasteiger partial charge in [0.2, 0.25) is 5.78 Å². The molecule has 0 N–H and O–H groups in total. The van der Waals surface area contributed by atoms with Crippen molar-refractivity contribution >= 4 is 36.4 Å². The molecule has 0 saturated carbocycles. The van der Waals surface area contributed by atoms with Gasteiger partial charge >= 0.3 is 0 Å². The SMILES string of the molecule is CC(=CI)CC(=O)C#C[Si](C)(C)C. The van der Waals surface area contributed by atoms with Gasteiger partial charge in [-0.25, -0.2) is 0 Å². The number of hydrogen-bond acceptors (Lipinski definition) is 1. The summed E-state index contributed by atoms with van der Waals surface area (Å²) in [4.78, 5) is 11.3. The lowest BCUT2D eigenvalue weighted by molar-refractivity contribution is -0.113. The third-order valence-corrected chi connectivity index (χ3v) is 3.14. The third kappa shape index (κ3) is 8.25. The molecule has 1 nitrogen and oxygen atoms in total. The summed E-state index contributed by atoms with van der Waals surface area (Å²) in [6.07, 6.45) is 0.473. The number of halogens is 1. The Balaban J connectivity index is 4.23. The largest absolute Gasteiger partial charge is 0.285 e. The van der Waals surface area contributed by atoms with Gasteiger partial charge in [-0.3, -0.25) is 4.79 Å². The van der Waals surface area contributed by atoms with Crippen LogP contribution in [-0.4, -0.2) is 13.9 Å². The molecular formula is C10H15IOSi. The summed E-state index contributed by atoms with van der Waals surface area (Å²) in [6.45, 7) is 8.34. The number of carbonyl (C=O) groups excluding carboxylic acids is 1. The molecule has 0 aliphatic heterocycles. The molecule has 0 atom stereocenters. The first-order valence-electron chi connectivity index (χ1n) is 4.17. The minimum absolute atomic E-state index is 0.0350. The Labute approximate surface area is 95.1 Å². The molecule has 72 valence electrons. The molecule has 0 aromatic rings. The van der Waals surface area contributed by atoms with Crippen LogP contribution < -0.4 is 0 Å². The highest BCUT2D eigenvalue weighted by Crippen LogP contribution is 2.04. The molecule has 0 aliphatic rings. The van der Waals surface area contributed by atoms with Crippen LogP contribution in [0.1, 0.15) is 13.3 Å². The van der Waals surface area contributed by atoms with E-state index in [0.717, 1.165) is 5.57 Å². The van der Waals surface area contributed by atoms with Crippen molar-refractivity contribution in [2.24, 2.45) is 0 Å². The Morgan fingerprint density at radius 1 is 1.46 bits per heavy atom. The van der Waals surface area contributed by atoms with Crippen molar-refractivity contribution in [3.63, 3.8) is 0 Å². The van der Waals surface area contributed by atoms with Gasteiger partial charge < -0.3 is 0 Å². The molecule has 0 bridgehead atoms. The standard InChI is InChI=1S/C10H15IOSi/c1-9(8-11)7-10(12)5-6-13(2,3)4/h8H,7H2,1-4H3. The van der Waals surface area contributed by atoms with E-state index in [0.29, 0.717) is 6.42 Å². The molecule has 0 heterocycles. The highest BCUT2D eigenvalue weighted by molar-refractivity contribution is 14.1. The van der Waals surface area contributed by atoms with E-state index in [-0.39, 0.29) is 5.78 Å². The first kappa shape index (κ1) is 12.9. The maximum Gasteiger partial charge on any atom is 0.208 e. The van der Waals surface area contributed by atoms with Gasteiger partial charge in [-0.2, -0.15) is 0 Å². The average molecular weight is 306 g/mol. The van der Waals surface area contributed by atoms with Crippen LogP contribution in [0.2, 0.25) is 19.6 Å². The molecule has 0 amide bonds. The number of ketones is 1. The quantitative estimate of drug-likeness (QED) is 0.435. The zero-order valence-electron chi connectivity index (χ0n) is 8.57. The lowest BCUT2D eigenvalue weighted by atomic mass is 10.2. The van der Waals surface area contributed by atoms with Gasteiger partial charge in [-0.05, 0) is 16.9 Å². The second-order valence-electron chi connectivity index (χ2n) is 4.06. The molecule has 13 heavy (non-hydrogen) atoms. The zero-order chi connectivity index (χ0) is 10.5. The molecule has 3 heteroatoms. The Bertz CT molecular complexity index is 276. The fraction of sp³-hybridized carbons (Fsp3) is 0.500. The van der Waals surface area contributed by atoms with E-state index < -0.39 is 8.07 Å². The molecule has 0 spiro atoms. The monoisotopic (exact) mass is 306 g/mol. The van der Waals surface area contributed by atoms with Gasteiger partial charge in [0.05, 0.1) is 0 Å². The van der Waals surface area contributed by atoms with Crippen molar-refractivity contribution in [2.45, 2.75) is 33.0 Å². The summed E-state index contributed by atoms with van der Waals surface area (Å²) < 4.78 is 1.92. The van der Waals surface area contributed by atoms with Crippen molar-refractivity contribution in [3.8, 4) is 11.5 Å². The van der Waals surface area contributed by atoms with Crippen LogP contribution in [0.3, 0.4) is 0 Å². The highest BCUT2D eigenvalue weighted by Gasteiger charge is 2.08. The fourth-order valence-electron chi connectivity index (χ4n) is 0.593. The Hall–Kier alpha value is -0.0831. The van der Waals surface area contributed by atoms with E-state index in [1.54, 1.807) is 0 Å². The topological polar surface area (TPSA) is 17.1 Å². The normalized spacial score (nSPS) is 11.9. The molecule has 0 aromatic heterocycles. The second kappa shape index (κ2) is 5.61. The minimum Gasteiger partial charge on any atom is -0.285 e. The molecule has 0 aliphatic carbocycles. The van der Waals surface area contributed by atoms with Crippen molar-refractivity contribution in [3.05, 3.63) is 9.66 Å². The van der Waals surface area contributed by atoms with Crippen LogP contribution in [0.15, 0.2) is 9.66 Å². The smallest absolute Gasteiger partial charge is 0.208 e. The van der Waals surface area contributed by atoms with Crippen LogP contribution in [0.5, 0.6) is 0 Å². The fourth-order valence-corrected chi connectivity index (χ4v) is 1.33. The third-order valence-electron chi connectivity index (χ3n) is 1.20. The Morgan fingerprint density at radius 2 is 2.00 bits per heavy atom. The predicted octanol–water partition coefficient (Wildman–Crippen LogP) is 3.17. The van der Waals surface area contributed by atoms with Crippen molar-refractivity contribution < 1.29 is 4.79 Å².